The molecule has 0 saturated heterocycles. The molecule has 0 fully saturated rings. The molecule has 1 aliphatic rings. The summed E-state index contributed by atoms with van der Waals surface area (Å²) in [4.78, 5) is 62.8. The Morgan fingerprint density at radius 2 is 1.69 bits per heavy atom. The summed E-state index contributed by atoms with van der Waals surface area (Å²) in [5.74, 6) is -4.81. The summed E-state index contributed by atoms with van der Waals surface area (Å²) in [7, 11) is 0. The fourth-order valence-corrected chi connectivity index (χ4v) is 7.19. The molecule has 0 bridgehead atoms. The van der Waals surface area contributed by atoms with E-state index in [2.05, 4.69) is 10.6 Å². The topological polar surface area (TPSA) is 187 Å². The number of nitrogens with zero attached hydrogens (tertiary/aromatic N) is 3. The number of hydrogen-bond donors (Lipinski definition) is 5. The number of carboxylic acid groups (broad SMARTS) is 1. The molecule has 0 spiro atoms. The van der Waals surface area contributed by atoms with E-state index in [1.807, 2.05) is 66.6 Å². The van der Waals surface area contributed by atoms with Gasteiger partial charge in [-0.2, -0.15) is 11.8 Å². The fraction of sp³-hybridized carbons (Fsp3) is 0.410. The average molecular weight is 783 g/mol. The number of nitrogens with one attached hydrogen (secondary N) is 2. The largest absolute Gasteiger partial charge is 0.480 e. The van der Waals surface area contributed by atoms with Gasteiger partial charge in [-0.15, -0.1) is 0 Å². The zero-order chi connectivity index (χ0) is 40.3. The number of aromatic nitrogens is 1. The van der Waals surface area contributed by atoms with Crippen molar-refractivity contribution in [2.75, 3.05) is 37.7 Å². The van der Waals surface area contributed by atoms with Crippen molar-refractivity contribution in [3.05, 3.63) is 95.8 Å². The lowest BCUT2D eigenvalue weighted by Gasteiger charge is -2.43. The van der Waals surface area contributed by atoms with Crippen LogP contribution in [0.4, 0.5) is 8.78 Å². The molecule has 2 aromatic carbocycles. The predicted octanol–water partition coefficient (Wildman–Crippen LogP) is 3.27. The van der Waals surface area contributed by atoms with Crippen LogP contribution in [-0.2, 0) is 30.5 Å². The van der Waals surface area contributed by atoms with Crippen LogP contribution in [-0.4, -0.2) is 104 Å². The van der Waals surface area contributed by atoms with Crippen molar-refractivity contribution < 1.29 is 43.0 Å². The highest BCUT2D eigenvalue weighted by Crippen LogP contribution is 2.42. The number of halogens is 2. The number of hydrogen-bond acceptors (Lipinski definition) is 9. The molecule has 1 aromatic heterocycles. The number of imide groups is 1. The number of carbonyl (C=O) groups is 5. The second kappa shape index (κ2) is 19.6. The lowest BCUT2D eigenvalue weighted by Crippen LogP contribution is -2.50. The van der Waals surface area contributed by atoms with Crippen LogP contribution in [0.15, 0.2) is 72.9 Å². The number of amides is 4. The zero-order valence-electron chi connectivity index (χ0n) is 31.0. The number of carbonyl (C=O) groups excluding carboxylic acids is 4. The minimum Gasteiger partial charge on any atom is -0.480 e. The second-order valence-electron chi connectivity index (χ2n) is 14.2. The van der Waals surface area contributed by atoms with E-state index in [1.165, 1.54) is 11.8 Å². The molecule has 0 radical (unpaired) electrons. The van der Waals surface area contributed by atoms with Crippen LogP contribution in [0, 0.1) is 17.0 Å². The Bertz CT molecular complexity index is 1850. The van der Waals surface area contributed by atoms with Gasteiger partial charge in [0.25, 0.3) is 11.8 Å². The van der Waals surface area contributed by atoms with Gasteiger partial charge in [0.15, 0.2) is 0 Å². The predicted molar refractivity (Wildman–Crippen MR) is 204 cm³/mol. The van der Waals surface area contributed by atoms with Gasteiger partial charge in [0.2, 0.25) is 11.8 Å². The molecule has 2 heterocycles. The number of rotatable bonds is 20. The van der Waals surface area contributed by atoms with Crippen LogP contribution in [0.3, 0.4) is 0 Å². The summed E-state index contributed by atoms with van der Waals surface area (Å²) in [5.41, 5.74) is 7.81. The van der Waals surface area contributed by atoms with Crippen LogP contribution in [0.1, 0.15) is 50.9 Å². The van der Waals surface area contributed by atoms with Gasteiger partial charge in [0.1, 0.15) is 30.4 Å². The van der Waals surface area contributed by atoms with E-state index in [4.69, 9.17) is 5.73 Å². The summed E-state index contributed by atoms with van der Waals surface area (Å²) in [6.45, 7) is 6.23. The van der Waals surface area contributed by atoms with E-state index < -0.39 is 78.0 Å². The first-order chi connectivity index (χ1) is 26.1. The summed E-state index contributed by atoms with van der Waals surface area (Å²) in [5, 5.41) is 26.0. The number of benzene rings is 2. The molecule has 4 amide bonds. The standard InChI is InChI=1S/C39H48F2N6O7S/c1-39(2,3)37(31-18-26(28-19-27(40)10-11-29(28)41)22-45(31)21-25-8-5-4-6-9-25)46(16-7-15-42)36(52)24-55-17-14-32(48)44-30(38(53)54)20-43-33(49)23-47-34(50)12-13-35(47)51/h4-6,8-13,18-19,22,30,36-37,52H,7,14-17,20-21,23-24,42H2,1-3H3,(H,43,49)(H,44,48)(H,53,54)/t30-,36?,37+/m1/s1. The van der Waals surface area contributed by atoms with Gasteiger partial charge in [-0.05, 0) is 48.2 Å². The molecule has 55 heavy (non-hydrogen) atoms. The van der Waals surface area contributed by atoms with Crippen molar-refractivity contribution in [1.29, 1.82) is 0 Å². The number of thioether (sulfide) groups is 1. The van der Waals surface area contributed by atoms with Crippen molar-refractivity contribution >= 4 is 41.4 Å². The summed E-state index contributed by atoms with van der Waals surface area (Å²) in [6, 6.07) is 13.0. The van der Waals surface area contributed by atoms with E-state index in [1.54, 1.807) is 6.20 Å². The van der Waals surface area contributed by atoms with Gasteiger partial charge >= 0.3 is 5.97 Å². The number of aliphatic hydroxyl groups excluding tert-OH is 1. The Hall–Kier alpha value is -4.90. The maximum atomic E-state index is 15.1. The van der Waals surface area contributed by atoms with Gasteiger partial charge in [0.05, 0.1) is 6.04 Å². The van der Waals surface area contributed by atoms with Crippen molar-refractivity contribution in [3.63, 3.8) is 0 Å². The highest BCUT2D eigenvalue weighted by Gasteiger charge is 2.37. The third-order valence-corrected chi connectivity index (χ3v) is 9.91. The van der Waals surface area contributed by atoms with E-state index in [0.29, 0.717) is 36.5 Å². The molecule has 1 aliphatic heterocycles. The van der Waals surface area contributed by atoms with Gasteiger partial charge in [-0.1, -0.05) is 51.1 Å². The number of aliphatic hydroxyl groups is 1. The maximum absolute atomic E-state index is 15.1. The molecule has 16 heteroatoms. The molecule has 6 N–H and O–H groups in total. The molecule has 4 rings (SSSR count). The minimum atomic E-state index is -1.47. The lowest BCUT2D eigenvalue weighted by molar-refractivity contribution is -0.143. The Morgan fingerprint density at radius 3 is 2.33 bits per heavy atom. The lowest BCUT2D eigenvalue weighted by atomic mass is 9.82. The van der Waals surface area contributed by atoms with E-state index in [9.17, 15) is 38.6 Å². The third kappa shape index (κ3) is 12.0. The molecule has 296 valence electrons. The van der Waals surface area contributed by atoms with E-state index >= 15 is 4.39 Å². The maximum Gasteiger partial charge on any atom is 0.328 e. The SMILES string of the molecule is CC(C)(C)[C@H](c1cc(-c2cc(F)ccc2F)cn1Cc1ccccc1)N(CCCN)C(O)CSCCC(=O)N[C@H](CNC(=O)CN1C(=O)C=CC1=O)C(=O)O. The molecule has 1 unspecified atom stereocenters. The van der Waals surface area contributed by atoms with E-state index in [-0.39, 0.29) is 23.5 Å². The van der Waals surface area contributed by atoms with Crippen molar-refractivity contribution in [2.24, 2.45) is 11.1 Å². The van der Waals surface area contributed by atoms with Crippen molar-refractivity contribution in [1.82, 2.24) is 25.0 Å². The van der Waals surface area contributed by atoms with Crippen LogP contribution < -0.4 is 16.4 Å². The fourth-order valence-electron chi connectivity index (χ4n) is 6.29. The van der Waals surface area contributed by atoms with Gasteiger partial charge in [-0.25, -0.2) is 13.6 Å². The zero-order valence-corrected chi connectivity index (χ0v) is 31.9. The number of nitrogens with two attached hydrogens (primary N) is 1. The summed E-state index contributed by atoms with van der Waals surface area (Å²) >= 11 is 1.28. The highest BCUT2D eigenvalue weighted by molar-refractivity contribution is 7.99. The minimum absolute atomic E-state index is 0.0917. The second-order valence-corrected chi connectivity index (χ2v) is 15.4. The van der Waals surface area contributed by atoms with Crippen molar-refractivity contribution in [2.45, 2.75) is 58.5 Å². The third-order valence-electron chi connectivity index (χ3n) is 8.88. The Morgan fingerprint density at radius 1 is 1.00 bits per heavy atom. The first-order valence-corrected chi connectivity index (χ1v) is 19.0. The van der Waals surface area contributed by atoms with Crippen LogP contribution in [0.25, 0.3) is 11.1 Å². The first-order valence-electron chi connectivity index (χ1n) is 17.8. The quantitative estimate of drug-likeness (QED) is 0.0647. The number of aliphatic carboxylic acids is 1. The number of carboxylic acids is 1. The molecule has 0 saturated carbocycles. The highest BCUT2D eigenvalue weighted by atomic mass is 32.2. The molecular weight excluding hydrogens is 735 g/mol. The summed E-state index contributed by atoms with van der Waals surface area (Å²) < 4.78 is 31.4. The van der Waals surface area contributed by atoms with Crippen LogP contribution in [0.5, 0.6) is 0 Å². The van der Waals surface area contributed by atoms with Crippen LogP contribution >= 0.6 is 11.8 Å². The Labute approximate surface area is 322 Å². The average Bonchev–Trinajstić information content (AvgIpc) is 3.68. The Balaban J connectivity index is 1.45. The normalized spacial score (nSPS) is 14.7. The first kappa shape index (κ1) is 42.8. The molecule has 3 aromatic rings. The van der Waals surface area contributed by atoms with Crippen molar-refractivity contribution in [3.8, 4) is 11.1 Å². The van der Waals surface area contributed by atoms with Gasteiger partial charge in [0, 0.05) is 72.7 Å². The molecule has 3 atom stereocenters. The smallest absolute Gasteiger partial charge is 0.328 e. The van der Waals surface area contributed by atoms with Crippen LogP contribution in [0.2, 0.25) is 0 Å². The van der Waals surface area contributed by atoms with E-state index in [0.717, 1.165) is 41.6 Å². The van der Waals surface area contributed by atoms with Gasteiger partial charge in [-0.3, -0.25) is 29.0 Å². The molecular formula is C39H48F2N6O7S. The monoisotopic (exact) mass is 782 g/mol. The molecule has 13 nitrogen and oxygen atoms in total. The summed E-state index contributed by atoms with van der Waals surface area (Å²) in [6.07, 6.45) is 3.27. The Kier molecular flexibility index (Phi) is 15.3. The van der Waals surface area contributed by atoms with Gasteiger partial charge < -0.3 is 31.1 Å². The molecule has 0 aliphatic carbocycles.